The molecule has 0 saturated heterocycles. The van der Waals surface area contributed by atoms with Crippen LogP contribution in [0.3, 0.4) is 0 Å². The molecular weight excluding hydrogens is 638 g/mol. The van der Waals surface area contributed by atoms with Gasteiger partial charge in [0, 0.05) is 13.1 Å². The molecule has 2 amide bonds. The number of halogens is 5. The van der Waals surface area contributed by atoms with Crippen LogP contribution in [0.5, 0.6) is 0 Å². The third kappa shape index (κ3) is 8.89. The fraction of sp³-hybridized carbons (Fsp3) is 0.355. The average Bonchev–Trinajstić information content (AvgIpc) is 2.97. The zero-order valence-corrected chi connectivity index (χ0v) is 26.8. The van der Waals surface area contributed by atoms with Crippen LogP contribution >= 0.6 is 23.2 Å². The Bertz CT molecular complexity index is 1570. The highest BCUT2D eigenvalue weighted by Crippen LogP contribution is 2.33. The number of carbonyl (C=O) groups is 2. The van der Waals surface area contributed by atoms with E-state index in [4.69, 9.17) is 23.2 Å². The van der Waals surface area contributed by atoms with Gasteiger partial charge in [0.05, 0.1) is 26.2 Å². The number of nitrogens with zero attached hydrogens (tertiary/aromatic N) is 2. The first kappa shape index (κ1) is 35.2. The van der Waals surface area contributed by atoms with Gasteiger partial charge in [0.2, 0.25) is 11.8 Å². The second-order valence-electron chi connectivity index (χ2n) is 10.2. The second-order valence-corrected chi connectivity index (χ2v) is 12.9. The summed E-state index contributed by atoms with van der Waals surface area (Å²) in [5.74, 6) is -1.25. The second kappa shape index (κ2) is 15.1. The summed E-state index contributed by atoms with van der Waals surface area (Å²) in [6.45, 7) is 4.77. The SMILES string of the molecule is CCCCNC(=O)[C@@H](CC)N(Cc1ccc(Cl)c(Cl)c1)C(=O)CN(c1cccc(C(F)(F)F)c1)S(=O)(=O)c1ccc(C)cc1. The molecule has 0 unspecified atom stereocenters. The molecule has 0 aliphatic heterocycles. The van der Waals surface area contributed by atoms with E-state index in [1.807, 2.05) is 6.92 Å². The Kier molecular flexibility index (Phi) is 12.1. The standard InChI is InChI=1S/C31H34Cl2F3N3O4S/c1-4-6-16-37-30(41)28(5-2)38(19-22-12-15-26(32)27(33)17-22)29(40)20-39(24-9-7-8-23(18-24)31(34,35)36)44(42,43)25-13-10-21(3)11-14-25/h7-15,17-18,28H,4-6,16,19-20H2,1-3H3,(H,37,41)/t28-/m1/s1. The molecule has 0 aromatic heterocycles. The lowest BCUT2D eigenvalue weighted by atomic mass is 10.1. The van der Waals surface area contributed by atoms with E-state index in [2.05, 4.69) is 5.32 Å². The Morgan fingerprint density at radius 1 is 0.955 bits per heavy atom. The monoisotopic (exact) mass is 671 g/mol. The highest BCUT2D eigenvalue weighted by Gasteiger charge is 2.36. The molecule has 0 bridgehead atoms. The minimum atomic E-state index is -4.76. The third-order valence-corrected chi connectivity index (χ3v) is 9.43. The molecule has 238 valence electrons. The van der Waals surface area contributed by atoms with E-state index in [9.17, 15) is 31.2 Å². The molecule has 0 aliphatic rings. The molecule has 0 heterocycles. The van der Waals surface area contributed by atoms with Crippen molar-refractivity contribution in [1.82, 2.24) is 10.2 Å². The van der Waals surface area contributed by atoms with Crippen molar-refractivity contribution in [1.29, 1.82) is 0 Å². The topological polar surface area (TPSA) is 86.8 Å². The average molecular weight is 673 g/mol. The van der Waals surface area contributed by atoms with Gasteiger partial charge in [-0.1, -0.05) is 73.3 Å². The first-order valence-corrected chi connectivity index (χ1v) is 16.2. The maximum Gasteiger partial charge on any atom is 0.416 e. The molecular formula is C31H34Cl2F3N3O4S. The molecule has 0 fully saturated rings. The van der Waals surface area contributed by atoms with Crippen LogP contribution in [0.25, 0.3) is 0 Å². The predicted octanol–water partition coefficient (Wildman–Crippen LogP) is 7.24. The van der Waals surface area contributed by atoms with E-state index in [0.717, 1.165) is 24.1 Å². The fourth-order valence-corrected chi connectivity index (χ4v) is 6.19. The number of hydrogen-bond acceptors (Lipinski definition) is 4. The number of sulfonamides is 1. The first-order chi connectivity index (χ1) is 20.7. The van der Waals surface area contributed by atoms with Gasteiger partial charge in [0.1, 0.15) is 12.6 Å². The Balaban J connectivity index is 2.11. The lowest BCUT2D eigenvalue weighted by Crippen LogP contribution is -2.52. The number of aryl methyl sites for hydroxylation is 1. The number of unbranched alkanes of at least 4 members (excludes halogenated alkanes) is 1. The van der Waals surface area contributed by atoms with Gasteiger partial charge in [0.15, 0.2) is 0 Å². The lowest BCUT2D eigenvalue weighted by Gasteiger charge is -2.33. The molecule has 1 atom stereocenters. The quantitative estimate of drug-likeness (QED) is 0.194. The molecule has 0 aliphatic carbocycles. The van der Waals surface area contributed by atoms with Crippen LogP contribution in [0.2, 0.25) is 10.0 Å². The van der Waals surface area contributed by atoms with Crippen molar-refractivity contribution in [2.24, 2.45) is 0 Å². The van der Waals surface area contributed by atoms with Crippen molar-refractivity contribution in [3.8, 4) is 0 Å². The van der Waals surface area contributed by atoms with Gasteiger partial charge in [0.25, 0.3) is 10.0 Å². The van der Waals surface area contributed by atoms with Gasteiger partial charge in [-0.15, -0.1) is 0 Å². The molecule has 3 aromatic carbocycles. The van der Waals surface area contributed by atoms with Crippen LogP contribution in [0, 0.1) is 6.92 Å². The van der Waals surface area contributed by atoms with Crippen molar-refractivity contribution in [3.05, 3.63) is 93.5 Å². The molecule has 44 heavy (non-hydrogen) atoms. The number of anilines is 1. The molecule has 0 spiro atoms. The molecule has 3 aromatic rings. The van der Waals surface area contributed by atoms with E-state index in [0.29, 0.717) is 28.9 Å². The van der Waals surface area contributed by atoms with Gasteiger partial charge in [-0.2, -0.15) is 13.2 Å². The zero-order chi connectivity index (χ0) is 32.7. The van der Waals surface area contributed by atoms with Crippen molar-refractivity contribution in [2.75, 3.05) is 17.4 Å². The molecule has 0 radical (unpaired) electrons. The van der Waals surface area contributed by atoms with E-state index in [1.165, 1.54) is 35.2 Å². The normalized spacial score (nSPS) is 12.5. The lowest BCUT2D eigenvalue weighted by molar-refractivity contribution is -0.140. The number of rotatable bonds is 13. The van der Waals surface area contributed by atoms with Crippen molar-refractivity contribution in [3.63, 3.8) is 0 Å². The van der Waals surface area contributed by atoms with Crippen LogP contribution in [-0.2, 0) is 32.3 Å². The molecule has 1 N–H and O–H groups in total. The molecule has 7 nitrogen and oxygen atoms in total. The smallest absolute Gasteiger partial charge is 0.354 e. The fourth-order valence-electron chi connectivity index (χ4n) is 4.46. The van der Waals surface area contributed by atoms with Crippen molar-refractivity contribution in [2.45, 2.75) is 63.7 Å². The Hall–Kier alpha value is -3.28. The maximum absolute atomic E-state index is 14.1. The zero-order valence-electron chi connectivity index (χ0n) is 24.5. The van der Waals surface area contributed by atoms with Gasteiger partial charge in [-0.3, -0.25) is 13.9 Å². The highest BCUT2D eigenvalue weighted by molar-refractivity contribution is 7.92. The number of amides is 2. The molecule has 0 saturated carbocycles. The van der Waals surface area contributed by atoms with Crippen molar-refractivity contribution < 1.29 is 31.2 Å². The predicted molar refractivity (Wildman–Crippen MR) is 166 cm³/mol. The van der Waals surface area contributed by atoms with Crippen LogP contribution in [0.4, 0.5) is 18.9 Å². The summed E-state index contributed by atoms with van der Waals surface area (Å²) in [5, 5.41) is 3.30. The van der Waals surface area contributed by atoms with E-state index >= 15 is 0 Å². The number of nitrogens with one attached hydrogen (secondary N) is 1. The molecule has 3 rings (SSSR count). The Morgan fingerprint density at radius 3 is 2.23 bits per heavy atom. The van der Waals surface area contributed by atoms with E-state index in [1.54, 1.807) is 32.0 Å². The minimum absolute atomic E-state index is 0.142. The van der Waals surface area contributed by atoms with Crippen LogP contribution in [0.15, 0.2) is 71.6 Å². The highest BCUT2D eigenvalue weighted by atomic mass is 35.5. The Labute approximate surface area is 266 Å². The van der Waals surface area contributed by atoms with Crippen molar-refractivity contribution >= 4 is 50.7 Å². The minimum Gasteiger partial charge on any atom is -0.354 e. The van der Waals surface area contributed by atoms with Gasteiger partial charge >= 0.3 is 6.18 Å². The number of carbonyl (C=O) groups excluding carboxylic acids is 2. The molecule has 13 heteroatoms. The summed E-state index contributed by atoms with van der Waals surface area (Å²) in [5.41, 5.74) is -0.164. The van der Waals surface area contributed by atoms with Crippen LogP contribution in [0.1, 0.15) is 49.8 Å². The van der Waals surface area contributed by atoms with E-state index < -0.39 is 46.2 Å². The summed E-state index contributed by atoms with van der Waals surface area (Å²) >= 11 is 12.3. The summed E-state index contributed by atoms with van der Waals surface area (Å²) in [6, 6.07) is 13.1. The maximum atomic E-state index is 14.1. The van der Waals surface area contributed by atoms with Gasteiger partial charge in [-0.25, -0.2) is 8.42 Å². The number of hydrogen-bond donors (Lipinski definition) is 1. The van der Waals surface area contributed by atoms with Crippen LogP contribution < -0.4 is 9.62 Å². The summed E-state index contributed by atoms with van der Waals surface area (Å²) < 4.78 is 69.4. The summed E-state index contributed by atoms with van der Waals surface area (Å²) in [4.78, 5) is 28.3. The van der Waals surface area contributed by atoms with Gasteiger partial charge in [-0.05, 0) is 67.8 Å². The van der Waals surface area contributed by atoms with Crippen LogP contribution in [-0.4, -0.2) is 44.3 Å². The third-order valence-electron chi connectivity index (χ3n) is 6.90. The van der Waals surface area contributed by atoms with E-state index in [-0.39, 0.29) is 33.6 Å². The van der Waals surface area contributed by atoms with Gasteiger partial charge < -0.3 is 10.2 Å². The Morgan fingerprint density at radius 2 is 1.64 bits per heavy atom. The summed E-state index contributed by atoms with van der Waals surface area (Å²) in [7, 11) is -4.54. The largest absolute Gasteiger partial charge is 0.416 e. The summed E-state index contributed by atoms with van der Waals surface area (Å²) in [6.07, 6.45) is -3.05. The number of benzene rings is 3. The number of alkyl halides is 3. The first-order valence-electron chi connectivity index (χ1n) is 14.0.